The van der Waals surface area contributed by atoms with Gasteiger partial charge in [-0.2, -0.15) is 0 Å². The van der Waals surface area contributed by atoms with E-state index in [0.29, 0.717) is 34.6 Å². The second-order valence-electron chi connectivity index (χ2n) is 10.3. The molecule has 2 aromatic carbocycles. The number of carbonyl (C=O) groups is 2. The Morgan fingerprint density at radius 3 is 2.61 bits per heavy atom. The number of imidazole rings is 1. The first-order valence-electron chi connectivity index (χ1n) is 13.9. The SMILES string of the molecule is Cc1ncc(-c2ccc(C(=O)Nc3nc4cc(N(C)C(=O)c5ccccc5)ccc4n3CCCN3CCCC3)s2)o1. The molecule has 5 aromatic rings. The topological polar surface area (TPSA) is 96.5 Å². The summed E-state index contributed by atoms with van der Waals surface area (Å²) >= 11 is 1.35. The first-order chi connectivity index (χ1) is 20.0. The summed E-state index contributed by atoms with van der Waals surface area (Å²) in [5.74, 6) is 1.38. The van der Waals surface area contributed by atoms with Gasteiger partial charge in [0.2, 0.25) is 5.95 Å². The third-order valence-electron chi connectivity index (χ3n) is 7.42. The molecule has 2 amide bonds. The fourth-order valence-electron chi connectivity index (χ4n) is 5.23. The Kier molecular flexibility index (Phi) is 7.67. The summed E-state index contributed by atoms with van der Waals surface area (Å²) in [7, 11) is 1.76. The van der Waals surface area contributed by atoms with Gasteiger partial charge in [-0.15, -0.1) is 11.3 Å². The Morgan fingerprint density at radius 1 is 1.05 bits per heavy atom. The average Bonchev–Trinajstić information content (AvgIpc) is 3.80. The molecule has 210 valence electrons. The number of benzene rings is 2. The summed E-state index contributed by atoms with van der Waals surface area (Å²) < 4.78 is 7.69. The molecule has 0 spiro atoms. The first kappa shape index (κ1) is 26.9. The lowest BCUT2D eigenvalue weighted by molar-refractivity contribution is 0.0991. The van der Waals surface area contributed by atoms with Gasteiger partial charge in [-0.3, -0.25) is 14.9 Å². The Hall–Kier alpha value is -4.28. The van der Waals surface area contributed by atoms with Crippen LogP contribution in [0.2, 0.25) is 0 Å². The number of carbonyl (C=O) groups excluding carboxylic acids is 2. The fourth-order valence-corrected chi connectivity index (χ4v) is 6.08. The van der Waals surface area contributed by atoms with Crippen LogP contribution in [0.1, 0.15) is 45.2 Å². The fraction of sp³-hybridized carbons (Fsp3) is 0.290. The Balaban J connectivity index is 1.27. The van der Waals surface area contributed by atoms with Gasteiger partial charge in [0.15, 0.2) is 11.7 Å². The number of thiophene rings is 1. The second kappa shape index (κ2) is 11.7. The van der Waals surface area contributed by atoms with Crippen LogP contribution in [0.25, 0.3) is 21.7 Å². The van der Waals surface area contributed by atoms with Crippen molar-refractivity contribution in [3.63, 3.8) is 0 Å². The molecule has 0 atom stereocenters. The second-order valence-corrected chi connectivity index (χ2v) is 11.3. The molecule has 0 radical (unpaired) electrons. The van der Waals surface area contributed by atoms with E-state index in [9.17, 15) is 9.59 Å². The standard InChI is InChI=1S/C31H32N6O3S/c1-21-32-20-26(40-21)27-13-14-28(41-27)29(38)34-31-33-24-19-23(35(2)30(39)22-9-4-3-5-10-22)11-12-25(24)37(31)18-8-17-36-15-6-7-16-36/h3-5,9-14,19-20H,6-8,15-18H2,1-2H3,(H,33,34,38). The van der Waals surface area contributed by atoms with Crippen molar-refractivity contribution < 1.29 is 14.0 Å². The molecule has 1 aliphatic heterocycles. The predicted octanol–water partition coefficient (Wildman–Crippen LogP) is 6.08. The quantitative estimate of drug-likeness (QED) is 0.232. The smallest absolute Gasteiger partial charge is 0.268 e. The third kappa shape index (κ3) is 5.79. The van der Waals surface area contributed by atoms with Crippen molar-refractivity contribution in [1.29, 1.82) is 0 Å². The van der Waals surface area contributed by atoms with Crippen LogP contribution >= 0.6 is 11.3 Å². The molecule has 6 rings (SSSR count). The van der Waals surface area contributed by atoms with Crippen molar-refractivity contribution in [2.24, 2.45) is 0 Å². The number of hydrogen-bond donors (Lipinski definition) is 1. The maximum absolute atomic E-state index is 13.3. The highest BCUT2D eigenvalue weighted by atomic mass is 32.1. The molecule has 1 aliphatic rings. The molecular weight excluding hydrogens is 536 g/mol. The summed E-state index contributed by atoms with van der Waals surface area (Å²) in [6.07, 6.45) is 5.11. The third-order valence-corrected chi connectivity index (χ3v) is 8.52. The van der Waals surface area contributed by atoms with Gasteiger partial charge in [-0.25, -0.2) is 9.97 Å². The maximum Gasteiger partial charge on any atom is 0.268 e. The molecule has 1 saturated heterocycles. The van der Waals surface area contributed by atoms with E-state index in [1.165, 1.54) is 24.2 Å². The lowest BCUT2D eigenvalue weighted by atomic mass is 10.2. The average molecular weight is 569 g/mol. The number of aryl methyl sites for hydroxylation is 2. The minimum atomic E-state index is -0.231. The largest absolute Gasteiger partial charge is 0.440 e. The van der Waals surface area contributed by atoms with E-state index in [0.717, 1.165) is 47.7 Å². The normalized spacial score (nSPS) is 13.6. The van der Waals surface area contributed by atoms with E-state index in [2.05, 4.69) is 19.8 Å². The van der Waals surface area contributed by atoms with Gasteiger partial charge < -0.3 is 18.8 Å². The molecule has 9 nitrogen and oxygen atoms in total. The predicted molar refractivity (Wildman–Crippen MR) is 162 cm³/mol. The zero-order valence-electron chi connectivity index (χ0n) is 23.2. The number of rotatable bonds is 9. The van der Waals surface area contributed by atoms with Gasteiger partial charge in [0.05, 0.1) is 27.0 Å². The van der Waals surface area contributed by atoms with E-state index in [4.69, 9.17) is 9.40 Å². The summed E-state index contributed by atoms with van der Waals surface area (Å²) in [5.41, 5.74) is 2.98. The van der Waals surface area contributed by atoms with Crippen LogP contribution in [0.4, 0.5) is 11.6 Å². The van der Waals surface area contributed by atoms with Crippen LogP contribution in [0.5, 0.6) is 0 Å². The molecule has 10 heteroatoms. The minimum Gasteiger partial charge on any atom is -0.440 e. The van der Waals surface area contributed by atoms with Crippen LogP contribution in [-0.2, 0) is 6.54 Å². The van der Waals surface area contributed by atoms with Gasteiger partial charge in [-0.05, 0) is 81.4 Å². The lowest BCUT2D eigenvalue weighted by Gasteiger charge is -2.18. The number of hydrogen-bond acceptors (Lipinski definition) is 7. The van der Waals surface area contributed by atoms with E-state index in [1.807, 2.05) is 42.5 Å². The molecule has 0 saturated carbocycles. The zero-order chi connectivity index (χ0) is 28.3. The molecule has 0 aliphatic carbocycles. The monoisotopic (exact) mass is 568 g/mol. The molecule has 3 aromatic heterocycles. The summed E-state index contributed by atoms with van der Waals surface area (Å²) in [4.78, 5) is 40.9. The number of nitrogens with zero attached hydrogens (tertiary/aromatic N) is 5. The maximum atomic E-state index is 13.3. The van der Waals surface area contributed by atoms with Crippen molar-refractivity contribution in [1.82, 2.24) is 19.4 Å². The number of amides is 2. The molecular formula is C31H32N6O3S. The number of fused-ring (bicyclic) bond motifs is 1. The van der Waals surface area contributed by atoms with E-state index >= 15 is 0 Å². The van der Waals surface area contributed by atoms with Gasteiger partial charge in [-0.1, -0.05) is 18.2 Å². The van der Waals surface area contributed by atoms with Crippen molar-refractivity contribution in [2.45, 2.75) is 32.7 Å². The highest BCUT2D eigenvalue weighted by Gasteiger charge is 2.20. The molecule has 1 fully saturated rings. The Labute approximate surface area is 242 Å². The highest BCUT2D eigenvalue weighted by Crippen LogP contribution is 2.30. The van der Waals surface area contributed by atoms with Crippen LogP contribution in [0.3, 0.4) is 0 Å². The van der Waals surface area contributed by atoms with Crippen LogP contribution in [-0.4, -0.2) is 57.9 Å². The molecule has 0 unspecified atom stereocenters. The number of nitrogens with one attached hydrogen (secondary N) is 1. The number of aromatic nitrogens is 3. The van der Waals surface area contributed by atoms with Gasteiger partial charge in [0, 0.05) is 31.8 Å². The van der Waals surface area contributed by atoms with Crippen molar-refractivity contribution in [3.8, 4) is 10.6 Å². The van der Waals surface area contributed by atoms with Crippen LogP contribution in [0.15, 0.2) is 71.3 Å². The Bertz CT molecular complexity index is 1680. The number of oxazole rings is 1. The molecule has 4 heterocycles. The van der Waals surface area contributed by atoms with Crippen LogP contribution < -0.4 is 10.2 Å². The van der Waals surface area contributed by atoms with Crippen molar-refractivity contribution >= 4 is 45.8 Å². The lowest BCUT2D eigenvalue weighted by Crippen LogP contribution is -2.26. The molecule has 0 bridgehead atoms. The van der Waals surface area contributed by atoms with Gasteiger partial charge >= 0.3 is 0 Å². The molecule has 1 N–H and O–H groups in total. The number of likely N-dealkylation sites (tertiary alicyclic amines) is 1. The zero-order valence-corrected chi connectivity index (χ0v) is 24.0. The Morgan fingerprint density at radius 2 is 1.85 bits per heavy atom. The summed E-state index contributed by atoms with van der Waals surface area (Å²) in [6, 6.07) is 18.7. The molecule has 41 heavy (non-hydrogen) atoms. The van der Waals surface area contributed by atoms with Crippen molar-refractivity contribution in [2.75, 3.05) is 36.9 Å². The summed E-state index contributed by atoms with van der Waals surface area (Å²) in [6.45, 7) is 5.80. The van der Waals surface area contributed by atoms with Gasteiger partial charge in [0.1, 0.15) is 0 Å². The van der Waals surface area contributed by atoms with Gasteiger partial charge in [0.25, 0.3) is 11.8 Å². The van der Waals surface area contributed by atoms with E-state index in [1.54, 1.807) is 43.3 Å². The van der Waals surface area contributed by atoms with Crippen molar-refractivity contribution in [3.05, 3.63) is 83.2 Å². The minimum absolute atomic E-state index is 0.0982. The summed E-state index contributed by atoms with van der Waals surface area (Å²) in [5, 5.41) is 3.04. The van der Waals surface area contributed by atoms with E-state index < -0.39 is 0 Å². The highest BCUT2D eigenvalue weighted by molar-refractivity contribution is 7.17. The first-order valence-corrected chi connectivity index (χ1v) is 14.7. The van der Waals surface area contributed by atoms with Crippen LogP contribution in [0, 0.1) is 6.92 Å². The number of anilines is 2. The van der Waals surface area contributed by atoms with E-state index in [-0.39, 0.29) is 11.8 Å².